The van der Waals surface area contributed by atoms with Gasteiger partial charge in [-0.2, -0.15) is 0 Å². The molecule has 8 heteroatoms. The molecule has 1 saturated carbocycles. The van der Waals surface area contributed by atoms with Gasteiger partial charge in [0.05, 0.1) is 5.75 Å². The number of carbonyl (C=O) groups is 1. The summed E-state index contributed by atoms with van der Waals surface area (Å²) in [7, 11) is 0.500. The Bertz CT molecular complexity index is 976. The Kier molecular flexibility index (Phi) is 5.75. The molecule has 4 aliphatic rings. The summed E-state index contributed by atoms with van der Waals surface area (Å²) >= 11 is 0. The van der Waals surface area contributed by atoms with Gasteiger partial charge in [0.25, 0.3) is 0 Å². The van der Waals surface area contributed by atoms with Crippen molar-refractivity contribution < 1.29 is 13.2 Å². The molecular formula is C24H36N4O3S. The van der Waals surface area contributed by atoms with Gasteiger partial charge in [0.1, 0.15) is 0 Å². The van der Waals surface area contributed by atoms with E-state index in [1.165, 1.54) is 22.3 Å². The van der Waals surface area contributed by atoms with E-state index in [0.717, 1.165) is 83.0 Å². The van der Waals surface area contributed by atoms with Crippen LogP contribution in [0, 0.1) is 0 Å². The predicted octanol–water partition coefficient (Wildman–Crippen LogP) is 2.67. The number of nitrogens with one attached hydrogen (secondary N) is 2. The zero-order valence-corrected chi connectivity index (χ0v) is 20.2. The SMILES string of the molecule is CN(C)C1CCN(C2(CS(=O)(=O)NC(=O)Nc3c4c(cc5c3CCC5)CCC4)CC2)CC1. The average Bonchev–Trinajstić information content (AvgIpc) is 3.13. The second-order valence-electron chi connectivity index (χ2n) is 10.5. The number of fused-ring (bicyclic) bond motifs is 2. The summed E-state index contributed by atoms with van der Waals surface area (Å²) in [4.78, 5) is 17.4. The van der Waals surface area contributed by atoms with Gasteiger partial charge >= 0.3 is 6.03 Å². The monoisotopic (exact) mass is 460 g/mol. The highest BCUT2D eigenvalue weighted by Crippen LogP contribution is 2.44. The summed E-state index contributed by atoms with van der Waals surface area (Å²) in [5.41, 5.74) is 5.65. The Labute approximate surface area is 192 Å². The van der Waals surface area contributed by atoms with E-state index in [1.54, 1.807) is 0 Å². The largest absolute Gasteiger partial charge is 0.332 e. The molecule has 1 aromatic carbocycles. The minimum atomic E-state index is -3.72. The minimum Gasteiger partial charge on any atom is -0.307 e. The molecule has 0 radical (unpaired) electrons. The van der Waals surface area contributed by atoms with Crippen LogP contribution < -0.4 is 10.0 Å². The van der Waals surface area contributed by atoms with Crippen molar-refractivity contribution in [2.45, 2.75) is 75.8 Å². The highest BCUT2D eigenvalue weighted by molar-refractivity contribution is 7.90. The van der Waals surface area contributed by atoms with Crippen molar-refractivity contribution in [3.63, 3.8) is 0 Å². The molecule has 5 rings (SSSR count). The third-order valence-corrected chi connectivity index (χ3v) is 9.53. The zero-order valence-electron chi connectivity index (χ0n) is 19.4. The van der Waals surface area contributed by atoms with Gasteiger partial charge in [-0.1, -0.05) is 6.07 Å². The number of benzene rings is 1. The number of nitrogens with zero attached hydrogens (tertiary/aromatic N) is 2. The molecule has 7 nitrogen and oxygen atoms in total. The molecule has 1 aliphatic heterocycles. The molecule has 0 bridgehead atoms. The molecule has 1 heterocycles. The Morgan fingerprint density at radius 3 is 2.19 bits per heavy atom. The van der Waals surface area contributed by atoms with Gasteiger partial charge in [-0.3, -0.25) is 4.90 Å². The number of carbonyl (C=O) groups excluding carboxylic acids is 1. The van der Waals surface area contributed by atoms with Crippen LogP contribution in [0.15, 0.2) is 6.07 Å². The van der Waals surface area contributed by atoms with Crippen LogP contribution in [-0.4, -0.2) is 68.8 Å². The van der Waals surface area contributed by atoms with E-state index >= 15 is 0 Å². The first-order valence-electron chi connectivity index (χ1n) is 12.2. The van der Waals surface area contributed by atoms with Gasteiger partial charge in [0, 0.05) is 30.4 Å². The summed E-state index contributed by atoms with van der Waals surface area (Å²) in [6.45, 7) is 1.85. The van der Waals surface area contributed by atoms with Crippen molar-refractivity contribution in [1.29, 1.82) is 0 Å². The van der Waals surface area contributed by atoms with E-state index in [9.17, 15) is 13.2 Å². The molecule has 0 atom stereocenters. The molecule has 176 valence electrons. The molecular weight excluding hydrogens is 424 g/mol. The van der Waals surface area contributed by atoms with E-state index in [0.29, 0.717) is 6.04 Å². The maximum atomic E-state index is 13.0. The predicted molar refractivity (Wildman–Crippen MR) is 127 cm³/mol. The molecule has 32 heavy (non-hydrogen) atoms. The smallest absolute Gasteiger partial charge is 0.307 e. The van der Waals surface area contributed by atoms with Crippen LogP contribution in [0.1, 0.15) is 60.8 Å². The molecule has 2 N–H and O–H groups in total. The number of sulfonamides is 1. The van der Waals surface area contributed by atoms with E-state index in [4.69, 9.17) is 0 Å². The average molecular weight is 461 g/mol. The zero-order chi connectivity index (χ0) is 22.5. The first kappa shape index (κ1) is 22.2. The van der Waals surface area contributed by atoms with Crippen LogP contribution >= 0.6 is 0 Å². The molecule has 0 spiro atoms. The summed E-state index contributed by atoms with van der Waals surface area (Å²) < 4.78 is 28.3. The highest BCUT2D eigenvalue weighted by atomic mass is 32.2. The van der Waals surface area contributed by atoms with Gasteiger partial charge in [0.2, 0.25) is 10.0 Å². The topological polar surface area (TPSA) is 81.8 Å². The van der Waals surface area contributed by atoms with Crippen LogP contribution in [0.3, 0.4) is 0 Å². The van der Waals surface area contributed by atoms with Gasteiger partial charge in [-0.05, 0) is 101 Å². The molecule has 2 fully saturated rings. The van der Waals surface area contributed by atoms with E-state index < -0.39 is 16.1 Å². The number of amides is 2. The third kappa shape index (κ3) is 4.29. The lowest BCUT2D eigenvalue weighted by atomic mass is 9.99. The molecule has 2 amide bonds. The van der Waals surface area contributed by atoms with Gasteiger partial charge in [0.15, 0.2) is 0 Å². The summed E-state index contributed by atoms with van der Waals surface area (Å²) in [5.74, 6) is 0.00501. The highest BCUT2D eigenvalue weighted by Gasteiger charge is 2.51. The molecule has 1 aromatic rings. The van der Waals surface area contributed by atoms with Crippen molar-refractivity contribution in [2.75, 3.05) is 38.3 Å². The molecule has 0 unspecified atom stereocenters. The summed E-state index contributed by atoms with van der Waals surface area (Å²) in [5, 5.41) is 2.95. The fourth-order valence-electron chi connectivity index (χ4n) is 6.19. The Morgan fingerprint density at radius 1 is 1.06 bits per heavy atom. The van der Waals surface area contributed by atoms with Gasteiger partial charge in [-0.25, -0.2) is 17.9 Å². The van der Waals surface area contributed by atoms with Crippen LogP contribution in [-0.2, 0) is 35.7 Å². The number of hydrogen-bond donors (Lipinski definition) is 2. The number of urea groups is 1. The van der Waals surface area contributed by atoms with Crippen molar-refractivity contribution in [1.82, 2.24) is 14.5 Å². The lowest BCUT2D eigenvalue weighted by molar-refractivity contribution is 0.105. The standard InChI is InChI=1S/C24H36N4O3S/c1-27(2)19-9-13-28(14-10-19)24(11-12-24)16-32(30,31)26-23(29)25-22-20-7-3-5-17(20)15-18-6-4-8-21(18)22/h15,19H,3-14,16H2,1-2H3,(H2,25,26,29). The summed E-state index contributed by atoms with van der Waals surface area (Å²) in [6, 6.07) is 2.26. The van der Waals surface area contributed by atoms with Crippen LogP contribution in [0.2, 0.25) is 0 Å². The van der Waals surface area contributed by atoms with Crippen LogP contribution in [0.25, 0.3) is 0 Å². The molecule has 0 aromatic heterocycles. The summed E-state index contributed by atoms with van der Waals surface area (Å²) in [6.07, 6.45) is 10.1. The first-order chi connectivity index (χ1) is 15.3. The maximum absolute atomic E-state index is 13.0. The number of hydrogen-bond acceptors (Lipinski definition) is 5. The molecule has 1 saturated heterocycles. The Hall–Kier alpha value is -1.64. The van der Waals surface area contributed by atoms with E-state index in [1.807, 2.05) is 0 Å². The number of rotatable bonds is 6. The van der Waals surface area contributed by atoms with Crippen LogP contribution in [0.4, 0.5) is 10.5 Å². The quantitative estimate of drug-likeness (QED) is 0.682. The lowest BCUT2D eigenvalue weighted by Gasteiger charge is -2.39. The van der Waals surface area contributed by atoms with Crippen molar-refractivity contribution >= 4 is 21.7 Å². The lowest BCUT2D eigenvalue weighted by Crippen LogP contribution is -2.51. The normalized spacial score (nSPS) is 22.6. The van der Waals surface area contributed by atoms with Crippen molar-refractivity contribution in [3.8, 4) is 0 Å². The second-order valence-corrected chi connectivity index (χ2v) is 12.2. The van der Waals surface area contributed by atoms with Crippen molar-refractivity contribution in [3.05, 3.63) is 28.3 Å². The number of likely N-dealkylation sites (tertiary alicyclic amines) is 1. The van der Waals surface area contributed by atoms with Crippen LogP contribution in [0.5, 0.6) is 0 Å². The van der Waals surface area contributed by atoms with Gasteiger partial charge in [-0.15, -0.1) is 0 Å². The third-order valence-electron chi connectivity index (χ3n) is 8.11. The maximum Gasteiger partial charge on any atom is 0.332 e. The van der Waals surface area contributed by atoms with Crippen molar-refractivity contribution in [2.24, 2.45) is 0 Å². The first-order valence-corrected chi connectivity index (χ1v) is 13.8. The van der Waals surface area contributed by atoms with Gasteiger partial charge < -0.3 is 10.2 Å². The fourth-order valence-corrected chi connectivity index (χ4v) is 7.77. The molecule has 3 aliphatic carbocycles. The number of piperidine rings is 1. The minimum absolute atomic E-state index is 0.00501. The van der Waals surface area contributed by atoms with E-state index in [2.05, 4.69) is 40.0 Å². The van der Waals surface area contributed by atoms with E-state index in [-0.39, 0.29) is 11.3 Å². The fraction of sp³-hybridized carbons (Fsp3) is 0.708. The number of anilines is 1. The Morgan fingerprint density at radius 2 is 1.66 bits per heavy atom. The number of aryl methyl sites for hydroxylation is 2. The Balaban J connectivity index is 1.24. The second kappa shape index (κ2) is 8.29.